The molecule has 0 saturated carbocycles. The van der Waals surface area contributed by atoms with Crippen LogP contribution in [0.3, 0.4) is 0 Å². The van der Waals surface area contributed by atoms with Crippen molar-refractivity contribution in [3.8, 4) is 0 Å². The highest BCUT2D eigenvalue weighted by Gasteiger charge is 2.25. The second-order valence-electron chi connectivity index (χ2n) is 7.38. The smallest absolute Gasteiger partial charge is 0.317 e. The van der Waals surface area contributed by atoms with Gasteiger partial charge in [0.1, 0.15) is 5.82 Å². The van der Waals surface area contributed by atoms with Crippen LogP contribution in [-0.4, -0.2) is 80.3 Å². The van der Waals surface area contributed by atoms with Crippen molar-refractivity contribution in [3.63, 3.8) is 0 Å². The molecule has 8 nitrogen and oxygen atoms in total. The lowest BCUT2D eigenvalue weighted by Gasteiger charge is -2.28. The van der Waals surface area contributed by atoms with Gasteiger partial charge in [-0.05, 0) is 30.2 Å². The maximum Gasteiger partial charge on any atom is 0.317 e. The lowest BCUT2D eigenvalue weighted by molar-refractivity contribution is 0.0730. The van der Waals surface area contributed by atoms with Gasteiger partial charge in [-0.25, -0.2) is 17.6 Å². The number of aromatic nitrogens is 1. The van der Waals surface area contributed by atoms with Crippen LogP contribution >= 0.6 is 0 Å². The van der Waals surface area contributed by atoms with Crippen LogP contribution in [0.4, 0.5) is 9.18 Å². The summed E-state index contributed by atoms with van der Waals surface area (Å²) in [6.45, 7) is 2.55. The van der Waals surface area contributed by atoms with E-state index >= 15 is 0 Å². The molecule has 162 valence electrons. The average molecular weight is 437 g/mol. The highest BCUT2D eigenvalue weighted by atomic mass is 32.2. The Bertz CT molecular complexity index is 1060. The minimum atomic E-state index is -3.39. The third-order valence-electron chi connectivity index (χ3n) is 5.49. The fourth-order valence-corrected chi connectivity index (χ4v) is 5.14. The fourth-order valence-electron chi connectivity index (χ4n) is 3.81. The van der Waals surface area contributed by atoms with Gasteiger partial charge in [0.05, 0.1) is 19.0 Å². The number of urea groups is 1. The SMILES string of the molecule is O=C(NCCS(=O)(=O)N1CCOCC1)N1CC=C(c2c[nH]c3cc(F)ccc23)CC1. The number of fused-ring (bicyclic) bond motifs is 1. The zero-order valence-electron chi connectivity index (χ0n) is 16.6. The normalized spacial score (nSPS) is 18.4. The average Bonchev–Trinajstić information content (AvgIpc) is 3.17. The van der Waals surface area contributed by atoms with Gasteiger partial charge in [-0.3, -0.25) is 0 Å². The van der Waals surface area contributed by atoms with E-state index in [2.05, 4.69) is 10.3 Å². The third kappa shape index (κ3) is 4.50. The number of sulfonamides is 1. The second kappa shape index (κ2) is 8.75. The molecule has 0 bridgehead atoms. The maximum absolute atomic E-state index is 13.4. The van der Waals surface area contributed by atoms with Crippen molar-refractivity contribution in [1.29, 1.82) is 0 Å². The van der Waals surface area contributed by atoms with Crippen molar-refractivity contribution >= 4 is 32.5 Å². The van der Waals surface area contributed by atoms with Crippen LogP contribution in [0.1, 0.15) is 12.0 Å². The number of carbonyl (C=O) groups excluding carboxylic acids is 1. The Morgan fingerprint density at radius 3 is 2.77 bits per heavy atom. The van der Waals surface area contributed by atoms with Gasteiger partial charge in [0.25, 0.3) is 0 Å². The van der Waals surface area contributed by atoms with E-state index in [1.165, 1.54) is 16.4 Å². The van der Waals surface area contributed by atoms with Crippen molar-refractivity contribution in [2.45, 2.75) is 6.42 Å². The summed E-state index contributed by atoms with van der Waals surface area (Å²) in [5.74, 6) is -0.411. The zero-order chi connectivity index (χ0) is 21.1. The molecule has 1 aromatic heterocycles. The summed E-state index contributed by atoms with van der Waals surface area (Å²) in [5, 5.41) is 3.66. The summed E-state index contributed by atoms with van der Waals surface area (Å²) < 4.78 is 44.6. The van der Waals surface area contributed by atoms with Gasteiger partial charge in [-0.2, -0.15) is 4.31 Å². The number of morpholine rings is 1. The van der Waals surface area contributed by atoms with Gasteiger partial charge < -0.3 is 19.9 Å². The summed E-state index contributed by atoms with van der Waals surface area (Å²) in [6, 6.07) is 4.38. The molecule has 1 aromatic carbocycles. The first-order valence-corrected chi connectivity index (χ1v) is 11.6. The first kappa shape index (κ1) is 20.8. The van der Waals surface area contributed by atoms with Gasteiger partial charge in [-0.1, -0.05) is 6.08 Å². The topological polar surface area (TPSA) is 94.7 Å². The van der Waals surface area contributed by atoms with Crippen molar-refractivity contribution in [2.24, 2.45) is 0 Å². The molecule has 2 aliphatic rings. The number of aromatic amines is 1. The number of carbonyl (C=O) groups is 1. The molecule has 2 amide bonds. The predicted octanol–water partition coefficient (Wildman–Crippen LogP) is 1.77. The van der Waals surface area contributed by atoms with Crippen LogP contribution in [0.25, 0.3) is 16.5 Å². The molecule has 2 aromatic rings. The number of hydrogen-bond acceptors (Lipinski definition) is 4. The summed E-state index contributed by atoms with van der Waals surface area (Å²) in [4.78, 5) is 17.2. The first-order chi connectivity index (χ1) is 14.4. The summed E-state index contributed by atoms with van der Waals surface area (Å²) in [6.07, 6.45) is 4.52. The molecule has 2 aliphatic heterocycles. The Morgan fingerprint density at radius 1 is 1.23 bits per heavy atom. The number of H-pyrrole nitrogens is 1. The Hall–Kier alpha value is -2.43. The molecule has 0 unspecified atom stereocenters. The van der Waals surface area contributed by atoms with Crippen molar-refractivity contribution in [1.82, 2.24) is 19.5 Å². The number of benzene rings is 1. The highest BCUT2D eigenvalue weighted by molar-refractivity contribution is 7.89. The molecule has 1 fully saturated rings. The van der Waals surface area contributed by atoms with Gasteiger partial charge >= 0.3 is 6.03 Å². The van der Waals surface area contributed by atoms with Crippen molar-refractivity contribution in [2.75, 3.05) is 51.7 Å². The first-order valence-electron chi connectivity index (χ1n) is 9.98. The van der Waals surface area contributed by atoms with E-state index < -0.39 is 10.0 Å². The van der Waals surface area contributed by atoms with E-state index in [0.29, 0.717) is 45.8 Å². The molecule has 0 atom stereocenters. The monoisotopic (exact) mass is 436 g/mol. The van der Waals surface area contributed by atoms with Crippen molar-refractivity contribution in [3.05, 3.63) is 41.9 Å². The maximum atomic E-state index is 13.4. The van der Waals surface area contributed by atoms with E-state index in [4.69, 9.17) is 4.74 Å². The van der Waals surface area contributed by atoms with E-state index in [0.717, 1.165) is 22.0 Å². The van der Waals surface area contributed by atoms with Crippen LogP contribution in [0, 0.1) is 5.82 Å². The standard InChI is InChI=1S/C20H25FN4O4S/c21-16-1-2-17-18(14-23-19(17)13-16)15-3-6-24(7-4-15)20(26)22-5-12-30(27,28)25-8-10-29-11-9-25/h1-3,13-14,23H,4-12H2,(H,22,26). The minimum Gasteiger partial charge on any atom is -0.379 e. The molecular formula is C20H25FN4O4S. The second-order valence-corrected chi connectivity index (χ2v) is 9.47. The highest BCUT2D eigenvalue weighted by Crippen LogP contribution is 2.29. The number of hydrogen-bond donors (Lipinski definition) is 2. The largest absolute Gasteiger partial charge is 0.379 e. The van der Waals surface area contributed by atoms with Crippen LogP contribution < -0.4 is 5.32 Å². The molecule has 0 radical (unpaired) electrons. The Labute approximate surface area is 174 Å². The lowest BCUT2D eigenvalue weighted by atomic mass is 9.99. The van der Waals surface area contributed by atoms with Gasteiger partial charge in [0.2, 0.25) is 10.0 Å². The zero-order valence-corrected chi connectivity index (χ0v) is 17.4. The summed E-state index contributed by atoms with van der Waals surface area (Å²) in [5.41, 5.74) is 2.86. The minimum absolute atomic E-state index is 0.0691. The quantitative estimate of drug-likeness (QED) is 0.747. The molecule has 10 heteroatoms. The van der Waals surface area contributed by atoms with Gasteiger partial charge in [0.15, 0.2) is 0 Å². The third-order valence-corrected chi connectivity index (χ3v) is 7.36. The van der Waals surface area contributed by atoms with E-state index in [-0.39, 0.29) is 24.1 Å². The number of ether oxygens (including phenoxy) is 1. The number of amides is 2. The lowest BCUT2D eigenvalue weighted by Crippen LogP contribution is -2.46. The summed E-state index contributed by atoms with van der Waals surface area (Å²) in [7, 11) is -3.39. The predicted molar refractivity (Wildman–Crippen MR) is 112 cm³/mol. The Kier molecular flexibility index (Phi) is 6.07. The molecule has 3 heterocycles. The number of halogens is 1. The van der Waals surface area contributed by atoms with Gasteiger partial charge in [-0.15, -0.1) is 0 Å². The van der Waals surface area contributed by atoms with E-state index in [9.17, 15) is 17.6 Å². The Morgan fingerprint density at radius 2 is 2.03 bits per heavy atom. The molecular weight excluding hydrogens is 411 g/mol. The number of rotatable bonds is 5. The fraction of sp³-hybridized carbons (Fsp3) is 0.450. The molecule has 30 heavy (non-hydrogen) atoms. The molecule has 0 aliphatic carbocycles. The van der Waals surface area contributed by atoms with Crippen LogP contribution in [0.15, 0.2) is 30.5 Å². The summed E-state index contributed by atoms with van der Waals surface area (Å²) >= 11 is 0. The van der Waals surface area contributed by atoms with Crippen LogP contribution in [0.5, 0.6) is 0 Å². The van der Waals surface area contributed by atoms with Crippen LogP contribution in [0.2, 0.25) is 0 Å². The van der Waals surface area contributed by atoms with Gasteiger partial charge in [0, 0.05) is 55.4 Å². The molecule has 1 saturated heterocycles. The molecule has 4 rings (SSSR count). The molecule has 0 spiro atoms. The van der Waals surface area contributed by atoms with Crippen molar-refractivity contribution < 1.29 is 22.3 Å². The number of nitrogens with zero attached hydrogens (tertiary/aromatic N) is 2. The van der Waals surface area contributed by atoms with E-state index in [1.807, 2.05) is 12.3 Å². The Balaban J connectivity index is 1.31. The van der Waals surface area contributed by atoms with E-state index in [1.54, 1.807) is 11.0 Å². The number of nitrogens with one attached hydrogen (secondary N) is 2. The molecule has 2 N–H and O–H groups in total. The van der Waals surface area contributed by atoms with Crippen LogP contribution in [-0.2, 0) is 14.8 Å².